The minimum Gasteiger partial charge on any atom is -0.351 e. The molecule has 26 heavy (non-hydrogen) atoms. The van der Waals surface area contributed by atoms with Crippen molar-refractivity contribution in [1.82, 2.24) is 14.9 Å². The van der Waals surface area contributed by atoms with Gasteiger partial charge in [0.25, 0.3) is 5.56 Å². The maximum atomic E-state index is 12.9. The number of carbonyl (C=O) groups is 1. The molecule has 0 spiro atoms. The third-order valence-electron chi connectivity index (χ3n) is 4.02. The topological polar surface area (TPSA) is 64.0 Å². The SMILES string of the molecule is Cc1ccc(-c2csc3ncn(CCC(=O)NC(C)(C)C)c(=O)c23)cc1. The number of hydrogen-bond acceptors (Lipinski definition) is 4. The minimum atomic E-state index is -0.282. The van der Waals surface area contributed by atoms with Gasteiger partial charge in [0.05, 0.1) is 11.7 Å². The first-order valence-corrected chi connectivity index (χ1v) is 9.47. The second-order valence-corrected chi connectivity index (χ2v) is 8.34. The molecule has 3 aromatic rings. The van der Waals surface area contributed by atoms with Crippen LogP contribution in [0.2, 0.25) is 0 Å². The Morgan fingerprint density at radius 2 is 1.92 bits per heavy atom. The van der Waals surface area contributed by atoms with Crippen LogP contribution in [0, 0.1) is 6.92 Å². The number of benzene rings is 1. The van der Waals surface area contributed by atoms with E-state index < -0.39 is 0 Å². The van der Waals surface area contributed by atoms with E-state index in [0.717, 1.165) is 16.0 Å². The van der Waals surface area contributed by atoms with Gasteiger partial charge in [-0.1, -0.05) is 29.8 Å². The number of aromatic nitrogens is 2. The van der Waals surface area contributed by atoms with E-state index in [9.17, 15) is 9.59 Å². The van der Waals surface area contributed by atoms with Crippen molar-refractivity contribution < 1.29 is 4.79 Å². The molecule has 0 aliphatic carbocycles. The second-order valence-electron chi connectivity index (χ2n) is 7.49. The summed E-state index contributed by atoms with van der Waals surface area (Å²) in [6.45, 7) is 8.15. The fourth-order valence-corrected chi connectivity index (χ4v) is 3.68. The number of thiophene rings is 1. The van der Waals surface area contributed by atoms with Crippen LogP contribution in [0.5, 0.6) is 0 Å². The smallest absolute Gasteiger partial charge is 0.262 e. The molecule has 0 bridgehead atoms. The Balaban J connectivity index is 1.90. The molecule has 1 aromatic carbocycles. The summed E-state index contributed by atoms with van der Waals surface area (Å²) in [5.74, 6) is -0.0754. The fourth-order valence-electron chi connectivity index (χ4n) is 2.78. The first-order chi connectivity index (χ1) is 12.2. The number of rotatable bonds is 4. The van der Waals surface area contributed by atoms with Crippen molar-refractivity contribution in [3.63, 3.8) is 0 Å². The van der Waals surface area contributed by atoms with Crippen LogP contribution in [-0.2, 0) is 11.3 Å². The average Bonchev–Trinajstić information content (AvgIpc) is 2.98. The van der Waals surface area contributed by atoms with Crippen LogP contribution in [0.1, 0.15) is 32.8 Å². The Kier molecular flexibility index (Phi) is 4.96. The van der Waals surface area contributed by atoms with Gasteiger partial charge in [0.1, 0.15) is 4.83 Å². The second kappa shape index (κ2) is 7.03. The molecule has 0 aliphatic heterocycles. The van der Waals surface area contributed by atoms with Gasteiger partial charge in [-0.15, -0.1) is 11.3 Å². The highest BCUT2D eigenvalue weighted by molar-refractivity contribution is 7.17. The molecule has 0 radical (unpaired) electrons. The number of amides is 1. The van der Waals surface area contributed by atoms with Gasteiger partial charge in [-0.2, -0.15) is 0 Å². The Bertz CT molecular complexity index is 995. The van der Waals surface area contributed by atoms with Gasteiger partial charge in [0, 0.05) is 29.4 Å². The van der Waals surface area contributed by atoms with Crippen LogP contribution in [0.3, 0.4) is 0 Å². The van der Waals surface area contributed by atoms with Crippen LogP contribution in [0.4, 0.5) is 0 Å². The number of nitrogens with one attached hydrogen (secondary N) is 1. The zero-order chi connectivity index (χ0) is 18.9. The van der Waals surface area contributed by atoms with E-state index in [4.69, 9.17) is 0 Å². The van der Waals surface area contributed by atoms with Gasteiger partial charge in [0.15, 0.2) is 0 Å². The third kappa shape index (κ3) is 4.02. The molecule has 1 N–H and O–H groups in total. The number of nitrogens with zero attached hydrogens (tertiary/aromatic N) is 2. The molecule has 0 saturated carbocycles. The fraction of sp³-hybridized carbons (Fsp3) is 0.350. The maximum Gasteiger partial charge on any atom is 0.262 e. The predicted molar refractivity (Wildman–Crippen MR) is 107 cm³/mol. The summed E-state index contributed by atoms with van der Waals surface area (Å²) < 4.78 is 1.52. The van der Waals surface area contributed by atoms with Crippen molar-refractivity contribution in [2.75, 3.05) is 0 Å². The summed E-state index contributed by atoms with van der Waals surface area (Å²) in [6.07, 6.45) is 1.78. The predicted octanol–water partition coefficient (Wildman–Crippen LogP) is 3.74. The molecule has 2 heterocycles. The normalized spacial score (nSPS) is 11.7. The summed E-state index contributed by atoms with van der Waals surface area (Å²) in [6, 6.07) is 8.10. The van der Waals surface area contributed by atoms with E-state index in [1.165, 1.54) is 27.8 Å². The lowest BCUT2D eigenvalue weighted by Crippen LogP contribution is -2.41. The Morgan fingerprint density at radius 1 is 1.23 bits per heavy atom. The largest absolute Gasteiger partial charge is 0.351 e. The third-order valence-corrected chi connectivity index (χ3v) is 4.90. The molecule has 3 rings (SSSR count). The molecule has 1 amide bonds. The van der Waals surface area contributed by atoms with Crippen molar-refractivity contribution in [2.24, 2.45) is 0 Å². The zero-order valence-corrected chi connectivity index (χ0v) is 16.3. The highest BCUT2D eigenvalue weighted by Gasteiger charge is 2.16. The summed E-state index contributed by atoms with van der Waals surface area (Å²) in [5, 5.41) is 5.51. The van der Waals surface area contributed by atoms with E-state index >= 15 is 0 Å². The average molecular weight is 369 g/mol. The zero-order valence-electron chi connectivity index (χ0n) is 15.5. The van der Waals surface area contributed by atoms with Gasteiger partial charge >= 0.3 is 0 Å². The Labute approximate surface area is 156 Å². The summed E-state index contributed by atoms with van der Waals surface area (Å²) in [7, 11) is 0. The minimum absolute atomic E-state index is 0.0754. The highest BCUT2D eigenvalue weighted by atomic mass is 32.1. The molecule has 6 heteroatoms. The lowest BCUT2D eigenvalue weighted by atomic mass is 10.1. The molecule has 5 nitrogen and oxygen atoms in total. The van der Waals surface area contributed by atoms with E-state index in [0.29, 0.717) is 11.9 Å². The quantitative estimate of drug-likeness (QED) is 0.762. The Hall–Kier alpha value is -2.47. The van der Waals surface area contributed by atoms with Crippen LogP contribution >= 0.6 is 11.3 Å². The summed E-state index contributed by atoms with van der Waals surface area (Å²) >= 11 is 1.46. The first kappa shape index (κ1) is 18.3. The van der Waals surface area contributed by atoms with Crippen LogP contribution in [0.15, 0.2) is 40.8 Å². The van der Waals surface area contributed by atoms with E-state index in [2.05, 4.69) is 10.3 Å². The van der Waals surface area contributed by atoms with E-state index in [1.54, 1.807) is 0 Å². The van der Waals surface area contributed by atoms with Crippen molar-refractivity contribution in [3.8, 4) is 11.1 Å². The van der Waals surface area contributed by atoms with E-state index in [-0.39, 0.29) is 23.4 Å². The number of aryl methyl sites for hydroxylation is 2. The van der Waals surface area contributed by atoms with Gasteiger partial charge in [-0.3, -0.25) is 14.2 Å². The Morgan fingerprint density at radius 3 is 2.58 bits per heavy atom. The molecule has 0 fully saturated rings. The van der Waals surface area contributed by atoms with Crippen molar-refractivity contribution in [2.45, 2.75) is 46.2 Å². The molecule has 0 unspecified atom stereocenters. The van der Waals surface area contributed by atoms with Crippen LogP contribution in [0.25, 0.3) is 21.3 Å². The van der Waals surface area contributed by atoms with Crippen molar-refractivity contribution in [1.29, 1.82) is 0 Å². The lowest BCUT2D eigenvalue weighted by Gasteiger charge is -2.20. The van der Waals surface area contributed by atoms with Gasteiger partial charge in [0.2, 0.25) is 5.91 Å². The molecule has 0 saturated heterocycles. The molecule has 2 aromatic heterocycles. The lowest BCUT2D eigenvalue weighted by molar-refractivity contribution is -0.122. The standard InChI is InChI=1S/C20H23N3O2S/c1-13-5-7-14(8-6-13)15-11-26-18-17(15)19(25)23(12-21-18)10-9-16(24)22-20(2,3)4/h5-8,11-12H,9-10H2,1-4H3,(H,22,24). The number of carbonyl (C=O) groups excluding carboxylic acids is 1. The van der Waals surface area contributed by atoms with Gasteiger partial charge < -0.3 is 5.32 Å². The monoisotopic (exact) mass is 369 g/mol. The maximum absolute atomic E-state index is 12.9. The molecular weight excluding hydrogens is 346 g/mol. The van der Waals surface area contributed by atoms with Crippen molar-refractivity contribution >= 4 is 27.5 Å². The highest BCUT2D eigenvalue weighted by Crippen LogP contribution is 2.30. The first-order valence-electron chi connectivity index (χ1n) is 8.59. The molecular formula is C20H23N3O2S. The van der Waals surface area contributed by atoms with Crippen LogP contribution < -0.4 is 10.9 Å². The number of hydrogen-bond donors (Lipinski definition) is 1. The number of fused-ring (bicyclic) bond motifs is 1. The summed E-state index contributed by atoms with van der Waals surface area (Å²) in [4.78, 5) is 30.1. The van der Waals surface area contributed by atoms with Crippen molar-refractivity contribution in [3.05, 3.63) is 51.9 Å². The molecule has 0 atom stereocenters. The molecule has 0 aliphatic rings. The van der Waals surface area contributed by atoms with Crippen LogP contribution in [-0.4, -0.2) is 21.0 Å². The molecule has 136 valence electrons. The van der Waals surface area contributed by atoms with Gasteiger partial charge in [-0.25, -0.2) is 4.98 Å². The van der Waals surface area contributed by atoms with E-state index in [1.807, 2.05) is 57.3 Å². The van der Waals surface area contributed by atoms with Gasteiger partial charge in [-0.05, 0) is 33.3 Å². The summed E-state index contributed by atoms with van der Waals surface area (Å²) in [5.41, 5.74) is 2.69.